The molecule has 1 aromatic carbocycles. The zero-order valence-electron chi connectivity index (χ0n) is 12.4. The van der Waals surface area contributed by atoms with Gasteiger partial charge >= 0.3 is 0 Å². The molecule has 0 heterocycles. The Morgan fingerprint density at radius 3 is 2.15 bits per heavy atom. The molecule has 0 N–H and O–H groups in total. The Labute approximate surface area is 122 Å². The van der Waals surface area contributed by atoms with Gasteiger partial charge in [-0.25, -0.2) is 0 Å². The second-order valence-corrected chi connectivity index (χ2v) is 6.67. The van der Waals surface area contributed by atoms with Gasteiger partial charge in [-0.3, -0.25) is 0 Å². The third-order valence-electron chi connectivity index (χ3n) is 3.74. The fourth-order valence-electron chi connectivity index (χ4n) is 2.69. The van der Waals surface area contributed by atoms with E-state index in [1.807, 2.05) is 19.1 Å². The fourth-order valence-corrected chi connectivity index (χ4v) is 4.00. The van der Waals surface area contributed by atoms with Crippen LogP contribution in [-0.2, 0) is 0 Å². The summed E-state index contributed by atoms with van der Waals surface area (Å²) >= 11 is 0. The summed E-state index contributed by atoms with van der Waals surface area (Å²) in [6.45, 7) is 1.97. The molecule has 4 heteroatoms. The van der Waals surface area contributed by atoms with E-state index >= 15 is 0 Å². The molecule has 1 saturated carbocycles. The van der Waals surface area contributed by atoms with Crippen molar-refractivity contribution in [2.45, 2.75) is 44.7 Å². The first-order valence-corrected chi connectivity index (χ1v) is 8.10. The van der Waals surface area contributed by atoms with Gasteiger partial charge in [-0.05, 0) is 43.1 Å². The highest BCUT2D eigenvalue weighted by Crippen LogP contribution is 2.34. The Morgan fingerprint density at radius 1 is 1.10 bits per heavy atom. The third-order valence-corrected chi connectivity index (χ3v) is 5.08. The molecule has 3 nitrogen and oxygen atoms in total. The molecule has 0 saturated heterocycles. The second kappa shape index (κ2) is 7.10. The quantitative estimate of drug-likeness (QED) is 0.801. The van der Waals surface area contributed by atoms with Crippen molar-refractivity contribution in [3.8, 4) is 11.5 Å². The molecule has 0 aliphatic heterocycles. The maximum Gasteiger partial charge on any atom is 0.129 e. The van der Waals surface area contributed by atoms with Gasteiger partial charge in [-0.1, -0.05) is 19.3 Å². The number of hydrogen-bond donors (Lipinski definition) is 0. The minimum atomic E-state index is 0.116. The molecule has 0 aromatic heterocycles. The highest BCUT2D eigenvalue weighted by molar-refractivity contribution is 7.41. The normalized spacial score (nSPS) is 17.1. The molecule has 0 bridgehead atoms. The van der Waals surface area contributed by atoms with Crippen molar-refractivity contribution in [1.82, 2.24) is 0 Å². The minimum Gasteiger partial charge on any atom is -0.823 e. The fraction of sp³-hybridized carbons (Fsp3) is 0.562. The Balaban J connectivity index is 2.36. The molecule has 1 aliphatic rings. The zero-order chi connectivity index (χ0) is 14.5. The standard InChI is InChI=1S/C16H23O3P/c1-11-9-13(18-2)15(14(10-11)19-3)16(17)20-12-7-5-4-6-8-12/h9-10,12,17H,4-8H2,1-3H3/p-1. The van der Waals surface area contributed by atoms with Crippen molar-refractivity contribution >= 4 is 13.7 Å². The van der Waals surface area contributed by atoms with Crippen molar-refractivity contribution in [2.24, 2.45) is 0 Å². The summed E-state index contributed by atoms with van der Waals surface area (Å²) in [5.74, 6) is 1.24. The summed E-state index contributed by atoms with van der Waals surface area (Å²) in [7, 11) is 4.08. The number of methoxy groups -OCH3 is 2. The van der Waals surface area contributed by atoms with Crippen LogP contribution in [0.15, 0.2) is 12.1 Å². The molecular weight excluding hydrogens is 271 g/mol. The SMILES string of the molecule is COc1cc(C)cc(OC)c1C([O-])=PC1CCCCC1. The highest BCUT2D eigenvalue weighted by atomic mass is 31.1. The first kappa shape index (κ1) is 15.3. The van der Waals surface area contributed by atoms with Gasteiger partial charge in [-0.15, -0.1) is 13.7 Å². The van der Waals surface area contributed by atoms with Crippen LogP contribution in [-0.4, -0.2) is 25.4 Å². The van der Waals surface area contributed by atoms with Crippen molar-refractivity contribution in [3.63, 3.8) is 0 Å². The van der Waals surface area contributed by atoms with E-state index in [9.17, 15) is 5.11 Å². The van der Waals surface area contributed by atoms with Crippen molar-refractivity contribution in [3.05, 3.63) is 23.3 Å². The number of rotatable bonds is 4. The van der Waals surface area contributed by atoms with Crippen LogP contribution >= 0.6 is 8.20 Å². The molecule has 0 amide bonds. The van der Waals surface area contributed by atoms with E-state index in [1.54, 1.807) is 14.2 Å². The molecule has 2 rings (SSSR count). The topological polar surface area (TPSA) is 41.5 Å². The largest absolute Gasteiger partial charge is 0.823 e. The highest BCUT2D eigenvalue weighted by Gasteiger charge is 2.14. The predicted octanol–water partition coefficient (Wildman–Crippen LogP) is 3.13. The van der Waals surface area contributed by atoms with Gasteiger partial charge in [0.05, 0.1) is 14.2 Å². The first-order valence-electron chi connectivity index (χ1n) is 7.13. The predicted molar refractivity (Wildman–Crippen MR) is 82.2 cm³/mol. The molecule has 0 atom stereocenters. The Hall–Kier alpha value is -1.05. The minimum absolute atomic E-state index is 0.116. The smallest absolute Gasteiger partial charge is 0.129 e. The molecule has 1 aromatic rings. The average molecular weight is 293 g/mol. The van der Waals surface area contributed by atoms with E-state index in [2.05, 4.69) is 0 Å². The lowest BCUT2D eigenvalue weighted by Gasteiger charge is -2.24. The van der Waals surface area contributed by atoms with E-state index in [0.29, 0.717) is 22.7 Å². The molecule has 1 fully saturated rings. The Morgan fingerprint density at radius 2 is 1.65 bits per heavy atom. The first-order chi connectivity index (χ1) is 9.65. The second-order valence-electron chi connectivity index (χ2n) is 5.27. The van der Waals surface area contributed by atoms with E-state index in [4.69, 9.17) is 9.47 Å². The van der Waals surface area contributed by atoms with Gasteiger partial charge < -0.3 is 14.6 Å². The van der Waals surface area contributed by atoms with E-state index in [-0.39, 0.29) is 5.48 Å². The van der Waals surface area contributed by atoms with E-state index in [0.717, 1.165) is 26.6 Å². The van der Waals surface area contributed by atoms with E-state index < -0.39 is 0 Å². The van der Waals surface area contributed by atoms with Gasteiger partial charge in [-0.2, -0.15) is 0 Å². The van der Waals surface area contributed by atoms with Crippen LogP contribution in [0.3, 0.4) is 0 Å². The van der Waals surface area contributed by atoms with E-state index in [1.165, 1.54) is 19.3 Å². The van der Waals surface area contributed by atoms with Crippen molar-refractivity contribution < 1.29 is 14.6 Å². The lowest BCUT2D eigenvalue weighted by Crippen LogP contribution is -2.20. The lowest BCUT2D eigenvalue weighted by atomic mass is 10.0. The van der Waals surface area contributed by atoms with Crippen LogP contribution in [0.1, 0.15) is 43.2 Å². The zero-order valence-corrected chi connectivity index (χ0v) is 13.3. The van der Waals surface area contributed by atoms with Crippen LogP contribution in [0.5, 0.6) is 11.5 Å². The molecule has 1 aliphatic carbocycles. The number of benzene rings is 1. The number of aryl methyl sites for hydroxylation is 1. The maximum atomic E-state index is 12.6. The molecule has 110 valence electrons. The Kier molecular flexibility index (Phi) is 5.45. The van der Waals surface area contributed by atoms with Crippen LogP contribution in [0, 0.1) is 6.92 Å². The number of hydrogen-bond acceptors (Lipinski definition) is 3. The van der Waals surface area contributed by atoms with Crippen LogP contribution in [0.4, 0.5) is 0 Å². The summed E-state index contributed by atoms with van der Waals surface area (Å²) in [4.78, 5) is 0. The van der Waals surface area contributed by atoms with Crippen molar-refractivity contribution in [2.75, 3.05) is 14.2 Å². The summed E-state index contributed by atoms with van der Waals surface area (Å²) in [6.07, 6.45) is 6.10. The Bertz CT molecular complexity index is 465. The lowest BCUT2D eigenvalue weighted by molar-refractivity contribution is -0.207. The van der Waals surface area contributed by atoms with Gasteiger partial charge in [0, 0.05) is 5.56 Å². The maximum absolute atomic E-state index is 12.6. The van der Waals surface area contributed by atoms with Crippen LogP contribution in [0.25, 0.3) is 0 Å². The number of ether oxygens (including phenoxy) is 2. The van der Waals surface area contributed by atoms with Gasteiger partial charge in [0.2, 0.25) is 0 Å². The van der Waals surface area contributed by atoms with Gasteiger partial charge in [0.25, 0.3) is 0 Å². The van der Waals surface area contributed by atoms with Gasteiger partial charge in [0.1, 0.15) is 11.5 Å². The molecule has 20 heavy (non-hydrogen) atoms. The third kappa shape index (κ3) is 3.53. The molecule has 0 spiro atoms. The monoisotopic (exact) mass is 293 g/mol. The average Bonchev–Trinajstić information content (AvgIpc) is 2.46. The van der Waals surface area contributed by atoms with Gasteiger partial charge in [0.15, 0.2) is 0 Å². The van der Waals surface area contributed by atoms with Crippen molar-refractivity contribution in [1.29, 1.82) is 0 Å². The van der Waals surface area contributed by atoms with Crippen LogP contribution < -0.4 is 14.6 Å². The summed E-state index contributed by atoms with van der Waals surface area (Å²) in [6, 6.07) is 3.79. The summed E-state index contributed by atoms with van der Waals surface area (Å²) in [5.41, 5.74) is 2.23. The molecular formula is C16H22O3P-. The summed E-state index contributed by atoms with van der Waals surface area (Å²) < 4.78 is 10.7. The van der Waals surface area contributed by atoms with Crippen LogP contribution in [0.2, 0.25) is 0 Å². The molecule has 0 unspecified atom stereocenters. The summed E-state index contributed by atoms with van der Waals surface area (Å²) in [5, 5.41) is 12.6. The molecule has 0 radical (unpaired) electrons.